The molecule has 0 aromatic heterocycles. The first kappa shape index (κ1) is 18.7. The molecule has 0 saturated heterocycles. The molecule has 7 nitrogen and oxygen atoms in total. The lowest BCUT2D eigenvalue weighted by molar-refractivity contribution is -0.141. The highest BCUT2D eigenvalue weighted by molar-refractivity contribution is 6.22. The van der Waals surface area contributed by atoms with Gasteiger partial charge in [-0.05, 0) is 26.3 Å². The molecule has 0 radical (unpaired) electrons. The number of rotatable bonds is 5. The zero-order valence-electron chi connectivity index (χ0n) is 15.5. The van der Waals surface area contributed by atoms with Crippen molar-refractivity contribution in [2.45, 2.75) is 39.0 Å². The number of anilines is 1. The number of Topliss-reactive ketones (excluding diaryl/α,β-unsaturated/α-hetero) is 1. The summed E-state index contributed by atoms with van der Waals surface area (Å²) in [4.78, 5) is 38.7. The molecule has 0 fully saturated rings. The summed E-state index contributed by atoms with van der Waals surface area (Å²) in [6.45, 7) is 5.04. The maximum absolute atomic E-state index is 13.2. The maximum Gasteiger partial charge on any atom is 0.341 e. The van der Waals surface area contributed by atoms with Gasteiger partial charge in [0.1, 0.15) is 16.7 Å². The standard InChI is InChI=1S/C20H22N2O5/c1-4-5-10-26-18(24)16-17(21)27-12(3)15(11(2)23)20(16)13-8-6-7-9-14(13)22-19(20)25/h6-9H,4-5,10,21H2,1-3H3,(H,22,25)/t20-/m1/s1. The first-order valence-electron chi connectivity index (χ1n) is 8.84. The Kier molecular flexibility index (Phi) is 4.78. The molecule has 1 spiro atoms. The Balaban J connectivity index is 2.26. The summed E-state index contributed by atoms with van der Waals surface area (Å²) in [6, 6.07) is 6.90. The van der Waals surface area contributed by atoms with E-state index < -0.39 is 17.3 Å². The van der Waals surface area contributed by atoms with E-state index in [1.165, 1.54) is 6.92 Å². The van der Waals surface area contributed by atoms with E-state index >= 15 is 0 Å². The van der Waals surface area contributed by atoms with Gasteiger partial charge in [-0.3, -0.25) is 9.59 Å². The van der Waals surface area contributed by atoms with Crippen LogP contribution in [-0.4, -0.2) is 24.3 Å². The smallest absolute Gasteiger partial charge is 0.341 e. The predicted octanol–water partition coefficient (Wildman–Crippen LogP) is 2.28. The van der Waals surface area contributed by atoms with Crippen LogP contribution in [0.1, 0.15) is 39.2 Å². The van der Waals surface area contributed by atoms with Gasteiger partial charge >= 0.3 is 5.97 Å². The van der Waals surface area contributed by atoms with Gasteiger partial charge in [-0.25, -0.2) is 4.79 Å². The maximum atomic E-state index is 13.2. The molecule has 0 saturated carbocycles. The monoisotopic (exact) mass is 370 g/mol. The Morgan fingerprint density at radius 3 is 2.63 bits per heavy atom. The third kappa shape index (κ3) is 2.70. The van der Waals surface area contributed by atoms with Crippen LogP contribution in [0.2, 0.25) is 0 Å². The molecular formula is C20H22N2O5. The highest BCUT2D eigenvalue weighted by Gasteiger charge is 2.60. The molecule has 27 heavy (non-hydrogen) atoms. The topological polar surface area (TPSA) is 108 Å². The van der Waals surface area contributed by atoms with Crippen molar-refractivity contribution in [2.24, 2.45) is 5.73 Å². The number of nitrogens with one attached hydrogen (secondary N) is 1. The number of allylic oxidation sites excluding steroid dienone is 1. The third-order valence-corrected chi connectivity index (χ3v) is 4.82. The van der Waals surface area contributed by atoms with E-state index in [1.807, 2.05) is 6.92 Å². The van der Waals surface area contributed by atoms with Gasteiger partial charge in [0.2, 0.25) is 11.8 Å². The molecule has 2 aliphatic heterocycles. The van der Waals surface area contributed by atoms with Crippen molar-refractivity contribution in [1.82, 2.24) is 0 Å². The van der Waals surface area contributed by atoms with Crippen LogP contribution in [0, 0.1) is 0 Å². The van der Waals surface area contributed by atoms with Crippen molar-refractivity contribution < 1.29 is 23.9 Å². The van der Waals surface area contributed by atoms with E-state index in [0.29, 0.717) is 17.7 Å². The van der Waals surface area contributed by atoms with Gasteiger partial charge in [-0.2, -0.15) is 0 Å². The summed E-state index contributed by atoms with van der Waals surface area (Å²) >= 11 is 0. The second-order valence-corrected chi connectivity index (χ2v) is 6.57. The highest BCUT2D eigenvalue weighted by Crippen LogP contribution is 2.52. The number of esters is 1. The van der Waals surface area contributed by atoms with Crippen LogP contribution < -0.4 is 11.1 Å². The summed E-state index contributed by atoms with van der Waals surface area (Å²) in [5, 5.41) is 2.76. The summed E-state index contributed by atoms with van der Waals surface area (Å²) in [5.74, 6) is -1.71. The molecule has 3 N–H and O–H groups in total. The molecule has 0 unspecified atom stereocenters. The molecule has 7 heteroatoms. The minimum Gasteiger partial charge on any atom is -0.462 e. The van der Waals surface area contributed by atoms with Crippen molar-refractivity contribution in [3.63, 3.8) is 0 Å². The van der Waals surface area contributed by atoms with Gasteiger partial charge < -0.3 is 20.5 Å². The number of ketones is 1. The Hall–Kier alpha value is -3.09. The lowest BCUT2D eigenvalue weighted by Crippen LogP contribution is -2.48. The van der Waals surface area contributed by atoms with Crippen LogP contribution in [0.25, 0.3) is 0 Å². The minimum absolute atomic E-state index is 0.0848. The molecule has 2 heterocycles. The average Bonchev–Trinajstić information content (AvgIpc) is 2.87. The van der Waals surface area contributed by atoms with E-state index in [4.69, 9.17) is 15.2 Å². The summed E-state index contributed by atoms with van der Waals surface area (Å²) < 4.78 is 10.8. The fourth-order valence-corrected chi connectivity index (χ4v) is 3.74. The number of carbonyl (C=O) groups is 3. The zero-order chi connectivity index (χ0) is 19.8. The number of amides is 1. The quantitative estimate of drug-likeness (QED) is 0.608. The van der Waals surface area contributed by atoms with Gasteiger partial charge in [-0.15, -0.1) is 0 Å². The van der Waals surface area contributed by atoms with Crippen LogP contribution in [-0.2, 0) is 29.3 Å². The number of ether oxygens (including phenoxy) is 2. The second-order valence-electron chi connectivity index (χ2n) is 6.57. The van der Waals surface area contributed by atoms with E-state index in [0.717, 1.165) is 6.42 Å². The minimum atomic E-state index is -1.68. The normalized spacial score (nSPS) is 21.1. The number of benzene rings is 1. The SMILES string of the molecule is CCCCOC(=O)C1=C(N)OC(C)=C(C(C)=O)[C@@]12C(=O)Nc1ccccc12. The number of carbonyl (C=O) groups excluding carboxylic acids is 3. The number of para-hydroxylation sites is 1. The van der Waals surface area contributed by atoms with Crippen molar-refractivity contribution in [2.75, 3.05) is 11.9 Å². The predicted molar refractivity (Wildman–Crippen MR) is 98.3 cm³/mol. The zero-order valence-corrected chi connectivity index (χ0v) is 15.5. The molecule has 1 aromatic carbocycles. The second kappa shape index (κ2) is 6.90. The molecule has 142 valence electrons. The Labute approximate surface area is 157 Å². The van der Waals surface area contributed by atoms with E-state index in [9.17, 15) is 14.4 Å². The van der Waals surface area contributed by atoms with Crippen molar-refractivity contribution in [3.8, 4) is 0 Å². The van der Waals surface area contributed by atoms with Gasteiger partial charge in [0.05, 0.1) is 12.2 Å². The highest BCUT2D eigenvalue weighted by atomic mass is 16.5. The number of hydrogen-bond acceptors (Lipinski definition) is 6. The van der Waals surface area contributed by atoms with Crippen molar-refractivity contribution in [1.29, 1.82) is 0 Å². The van der Waals surface area contributed by atoms with Crippen LogP contribution >= 0.6 is 0 Å². The van der Waals surface area contributed by atoms with Gasteiger partial charge in [0.25, 0.3) is 0 Å². The lowest BCUT2D eigenvalue weighted by Gasteiger charge is -2.35. The van der Waals surface area contributed by atoms with Gasteiger partial charge in [0, 0.05) is 11.3 Å². The molecule has 1 atom stereocenters. The van der Waals surface area contributed by atoms with Crippen LogP contribution in [0.15, 0.2) is 47.1 Å². The summed E-state index contributed by atoms with van der Waals surface area (Å²) in [7, 11) is 0. The third-order valence-electron chi connectivity index (χ3n) is 4.82. The first-order chi connectivity index (χ1) is 12.9. The Bertz CT molecular complexity index is 899. The lowest BCUT2D eigenvalue weighted by atomic mass is 9.67. The van der Waals surface area contributed by atoms with Crippen LogP contribution in [0.4, 0.5) is 5.69 Å². The Morgan fingerprint density at radius 2 is 1.96 bits per heavy atom. The van der Waals surface area contributed by atoms with E-state index in [1.54, 1.807) is 31.2 Å². The van der Waals surface area contributed by atoms with Gasteiger partial charge in [-0.1, -0.05) is 31.5 Å². The molecular weight excluding hydrogens is 348 g/mol. The number of hydrogen-bond donors (Lipinski definition) is 2. The molecule has 1 amide bonds. The van der Waals surface area contributed by atoms with Crippen molar-refractivity contribution >= 4 is 23.3 Å². The van der Waals surface area contributed by atoms with Gasteiger partial charge in [0.15, 0.2) is 5.78 Å². The van der Waals surface area contributed by atoms with E-state index in [2.05, 4.69) is 5.32 Å². The fraction of sp³-hybridized carbons (Fsp3) is 0.350. The van der Waals surface area contributed by atoms with E-state index in [-0.39, 0.29) is 35.2 Å². The number of unbranched alkanes of at least 4 members (excludes halogenated alkanes) is 1. The molecule has 3 rings (SSSR count). The van der Waals surface area contributed by atoms with Crippen LogP contribution in [0.5, 0.6) is 0 Å². The molecule has 0 aliphatic carbocycles. The number of nitrogens with two attached hydrogens (primary N) is 1. The fourth-order valence-electron chi connectivity index (χ4n) is 3.74. The molecule has 2 aliphatic rings. The average molecular weight is 370 g/mol. The molecule has 1 aromatic rings. The molecule has 0 bridgehead atoms. The number of fused-ring (bicyclic) bond motifs is 2. The Morgan fingerprint density at radius 1 is 1.26 bits per heavy atom. The first-order valence-corrected chi connectivity index (χ1v) is 8.84. The van der Waals surface area contributed by atoms with Crippen molar-refractivity contribution in [3.05, 3.63) is 52.6 Å². The largest absolute Gasteiger partial charge is 0.462 e. The summed E-state index contributed by atoms with van der Waals surface area (Å²) in [6.07, 6.45) is 1.51. The van der Waals surface area contributed by atoms with Crippen LogP contribution in [0.3, 0.4) is 0 Å². The summed E-state index contributed by atoms with van der Waals surface area (Å²) in [5.41, 5.74) is 5.28.